The minimum absolute atomic E-state index is 0.230. The third-order valence-corrected chi connectivity index (χ3v) is 6.39. The number of furan rings is 1. The molecule has 5 aromatic rings. The van der Waals surface area contributed by atoms with E-state index in [-0.39, 0.29) is 30.3 Å². The monoisotopic (exact) mass is 605 g/mol. The molecule has 0 amide bonds. The normalized spacial score (nSPS) is 11.3. The van der Waals surface area contributed by atoms with Crippen LogP contribution in [0.15, 0.2) is 79.4 Å². The number of methoxy groups -OCH3 is 2. The summed E-state index contributed by atoms with van der Waals surface area (Å²) in [6.45, 7) is 1.63. The lowest BCUT2D eigenvalue weighted by Gasteiger charge is -2.15. The van der Waals surface area contributed by atoms with Gasteiger partial charge >= 0.3 is 5.97 Å². The zero-order chi connectivity index (χ0) is 28.2. The van der Waals surface area contributed by atoms with Crippen molar-refractivity contribution in [1.29, 1.82) is 0 Å². The predicted molar refractivity (Wildman–Crippen MR) is 154 cm³/mol. The van der Waals surface area contributed by atoms with Crippen molar-refractivity contribution >= 4 is 50.0 Å². The topological polar surface area (TPSA) is 114 Å². The Hall–Kier alpha value is -4.64. The lowest BCUT2D eigenvalue weighted by atomic mass is 10.2. The van der Waals surface area contributed by atoms with E-state index in [1.54, 1.807) is 37.3 Å². The van der Waals surface area contributed by atoms with Crippen LogP contribution in [-0.4, -0.2) is 49.3 Å². The first-order valence-corrected chi connectivity index (χ1v) is 13.0. The fraction of sp³-hybridized carbons (Fsp3) is 0.172. The minimum atomic E-state index is -0.522. The quantitative estimate of drug-likeness (QED) is 0.162. The molecule has 0 N–H and O–H groups in total. The number of esters is 1. The van der Waals surface area contributed by atoms with Crippen LogP contribution >= 0.6 is 15.9 Å². The van der Waals surface area contributed by atoms with Gasteiger partial charge in [-0.3, -0.25) is 4.79 Å². The summed E-state index contributed by atoms with van der Waals surface area (Å²) in [5.41, 5.74) is 1.33. The average Bonchev–Trinajstić information content (AvgIpc) is 3.38. The molecular formula is C29H24BrN3O7. The first-order chi connectivity index (χ1) is 19.4. The minimum Gasteiger partial charge on any atom is -0.493 e. The number of hydrogen-bond acceptors (Lipinski definition) is 9. The maximum atomic E-state index is 13.6. The third-order valence-electron chi connectivity index (χ3n) is 5.90. The molecule has 40 heavy (non-hydrogen) atoms. The van der Waals surface area contributed by atoms with E-state index in [0.717, 1.165) is 9.86 Å². The number of carbonyl (C=O) groups excluding carboxylic acids is 1. The lowest BCUT2D eigenvalue weighted by Crippen LogP contribution is -2.20. The van der Waals surface area contributed by atoms with Crippen LogP contribution in [0.25, 0.3) is 33.5 Å². The predicted octanol–water partition coefficient (Wildman–Crippen LogP) is 5.41. The molecule has 0 aliphatic rings. The van der Waals surface area contributed by atoms with Crippen LogP contribution in [0, 0.1) is 0 Å². The van der Waals surface area contributed by atoms with Crippen molar-refractivity contribution in [3.63, 3.8) is 0 Å². The van der Waals surface area contributed by atoms with Crippen LogP contribution in [0.2, 0.25) is 0 Å². The van der Waals surface area contributed by atoms with Crippen LogP contribution in [0.3, 0.4) is 0 Å². The zero-order valence-corrected chi connectivity index (χ0v) is 23.4. The highest BCUT2D eigenvalue weighted by Crippen LogP contribution is 2.38. The fourth-order valence-corrected chi connectivity index (χ4v) is 4.47. The average molecular weight is 606 g/mol. The molecule has 0 spiro atoms. The summed E-state index contributed by atoms with van der Waals surface area (Å²) in [5.74, 6) is 0.931. The van der Waals surface area contributed by atoms with Gasteiger partial charge in [0.1, 0.15) is 5.58 Å². The molecule has 11 heteroatoms. The molecule has 5 rings (SSSR count). The second-order valence-corrected chi connectivity index (χ2v) is 9.37. The highest BCUT2D eigenvalue weighted by atomic mass is 79.9. The molecule has 3 aromatic carbocycles. The molecule has 0 aliphatic carbocycles. The largest absolute Gasteiger partial charge is 0.493 e. The number of fused-ring (bicyclic) bond motifs is 2. The first-order valence-electron chi connectivity index (χ1n) is 12.2. The Morgan fingerprint density at radius 1 is 1.07 bits per heavy atom. The SMILES string of the molecule is CCOC(=O)COc1c(OC)cc(C=Nn2c(-c3cc4cc(Br)ccc4o3)nc3ccccc3c2=O)cc1OC. The molecule has 10 nitrogen and oxygen atoms in total. The van der Waals surface area contributed by atoms with E-state index in [9.17, 15) is 9.59 Å². The number of rotatable bonds is 9. The van der Waals surface area contributed by atoms with Gasteiger partial charge in [-0.05, 0) is 55.5 Å². The van der Waals surface area contributed by atoms with Gasteiger partial charge in [0.15, 0.2) is 23.9 Å². The van der Waals surface area contributed by atoms with Gasteiger partial charge in [0.25, 0.3) is 5.56 Å². The molecule has 0 saturated heterocycles. The van der Waals surface area contributed by atoms with E-state index < -0.39 is 5.97 Å². The van der Waals surface area contributed by atoms with E-state index in [1.165, 1.54) is 25.1 Å². The Labute approximate surface area is 236 Å². The van der Waals surface area contributed by atoms with Gasteiger partial charge in [-0.25, -0.2) is 9.78 Å². The Kier molecular flexibility index (Phi) is 7.83. The third kappa shape index (κ3) is 5.41. The maximum absolute atomic E-state index is 13.6. The van der Waals surface area contributed by atoms with Crippen LogP contribution < -0.4 is 19.8 Å². The van der Waals surface area contributed by atoms with Crippen LogP contribution in [0.5, 0.6) is 17.2 Å². The summed E-state index contributed by atoms with van der Waals surface area (Å²) in [6.07, 6.45) is 1.47. The fourth-order valence-electron chi connectivity index (χ4n) is 4.09. The Balaban J connectivity index is 1.59. The van der Waals surface area contributed by atoms with Crippen LogP contribution in [-0.2, 0) is 9.53 Å². The molecular weight excluding hydrogens is 582 g/mol. The van der Waals surface area contributed by atoms with Crippen molar-refractivity contribution in [3.8, 4) is 28.8 Å². The van der Waals surface area contributed by atoms with E-state index in [1.807, 2.05) is 30.3 Å². The molecule has 0 radical (unpaired) electrons. The number of aromatic nitrogens is 2. The summed E-state index contributed by atoms with van der Waals surface area (Å²) in [7, 11) is 2.92. The number of para-hydroxylation sites is 1. The molecule has 0 unspecified atom stereocenters. The highest BCUT2D eigenvalue weighted by Gasteiger charge is 2.18. The summed E-state index contributed by atoms with van der Waals surface area (Å²) < 4.78 is 29.6. The number of benzene rings is 3. The van der Waals surface area contributed by atoms with Gasteiger partial charge in [0, 0.05) is 15.4 Å². The van der Waals surface area contributed by atoms with Crippen molar-refractivity contribution < 1.29 is 28.2 Å². The van der Waals surface area contributed by atoms with E-state index >= 15 is 0 Å². The molecule has 0 saturated carbocycles. The molecule has 0 aliphatic heterocycles. The standard InChI is InChI=1S/C29H24BrN3O7/c1-4-38-26(34)16-39-27-23(36-2)11-17(12-24(27)37-3)15-31-33-28(32-21-8-6-5-7-20(21)29(33)35)25-14-18-13-19(30)9-10-22(18)40-25/h5-15H,4,16H2,1-3H3. The molecule has 0 atom stereocenters. The van der Waals surface area contributed by atoms with Crippen molar-refractivity contribution in [2.24, 2.45) is 5.10 Å². The molecule has 0 fully saturated rings. The summed E-state index contributed by atoms with van der Waals surface area (Å²) >= 11 is 3.47. The van der Waals surface area contributed by atoms with Gasteiger partial charge in [0.05, 0.1) is 37.9 Å². The van der Waals surface area contributed by atoms with Gasteiger partial charge in [0.2, 0.25) is 11.6 Å². The number of carbonyl (C=O) groups is 1. The number of hydrogen-bond donors (Lipinski definition) is 0. The Morgan fingerprint density at radius 3 is 2.55 bits per heavy atom. The summed E-state index contributed by atoms with van der Waals surface area (Å²) in [5, 5.41) is 5.74. The van der Waals surface area contributed by atoms with Gasteiger partial charge < -0.3 is 23.4 Å². The molecule has 2 heterocycles. The molecule has 2 aromatic heterocycles. The number of nitrogens with zero attached hydrogens (tertiary/aromatic N) is 3. The van der Waals surface area contributed by atoms with Crippen molar-refractivity contribution in [1.82, 2.24) is 9.66 Å². The summed E-state index contributed by atoms with van der Waals surface area (Å²) in [6, 6.07) is 17.7. The van der Waals surface area contributed by atoms with Crippen LogP contribution in [0.4, 0.5) is 0 Å². The second kappa shape index (κ2) is 11.6. The van der Waals surface area contributed by atoms with Crippen molar-refractivity contribution in [2.45, 2.75) is 6.92 Å². The van der Waals surface area contributed by atoms with E-state index in [4.69, 9.17) is 28.3 Å². The molecule has 204 valence electrons. The van der Waals surface area contributed by atoms with Crippen LogP contribution in [0.1, 0.15) is 12.5 Å². The lowest BCUT2D eigenvalue weighted by molar-refractivity contribution is -0.145. The first kappa shape index (κ1) is 26.9. The second-order valence-electron chi connectivity index (χ2n) is 8.46. The zero-order valence-electron chi connectivity index (χ0n) is 21.8. The number of ether oxygens (including phenoxy) is 4. The highest BCUT2D eigenvalue weighted by molar-refractivity contribution is 9.10. The van der Waals surface area contributed by atoms with Crippen molar-refractivity contribution in [3.05, 3.63) is 81.1 Å². The van der Waals surface area contributed by atoms with Gasteiger partial charge in [-0.15, -0.1) is 0 Å². The van der Waals surface area contributed by atoms with E-state index in [0.29, 0.717) is 39.3 Å². The smallest absolute Gasteiger partial charge is 0.344 e. The van der Waals surface area contributed by atoms with Gasteiger partial charge in [-0.2, -0.15) is 9.78 Å². The summed E-state index contributed by atoms with van der Waals surface area (Å²) in [4.78, 5) is 30.1. The van der Waals surface area contributed by atoms with E-state index in [2.05, 4.69) is 21.0 Å². The Morgan fingerprint density at radius 2 is 1.82 bits per heavy atom. The van der Waals surface area contributed by atoms with Gasteiger partial charge in [-0.1, -0.05) is 28.1 Å². The Bertz CT molecular complexity index is 1780. The molecule has 0 bridgehead atoms. The number of halogens is 1. The van der Waals surface area contributed by atoms with Crippen molar-refractivity contribution in [2.75, 3.05) is 27.4 Å². The maximum Gasteiger partial charge on any atom is 0.344 e.